The Hall–Kier alpha value is -2.67. The number of β-amino-alcohol motifs (C(OH)–C–C–N with tert-alkyl or cyclic N) is 1. The van der Waals surface area contributed by atoms with E-state index >= 15 is 0 Å². The second-order valence-corrected chi connectivity index (χ2v) is 6.40. The van der Waals surface area contributed by atoms with E-state index in [0.717, 1.165) is 22.2 Å². The van der Waals surface area contributed by atoms with Crippen LogP contribution in [0.2, 0.25) is 0 Å². The van der Waals surface area contributed by atoms with Crippen molar-refractivity contribution in [2.75, 3.05) is 13.1 Å². The van der Waals surface area contributed by atoms with E-state index in [1.54, 1.807) is 4.90 Å². The minimum Gasteiger partial charge on any atom is -0.381 e. The van der Waals surface area contributed by atoms with Crippen molar-refractivity contribution in [3.63, 3.8) is 0 Å². The van der Waals surface area contributed by atoms with E-state index in [9.17, 15) is 9.90 Å². The van der Waals surface area contributed by atoms with Crippen molar-refractivity contribution >= 4 is 16.8 Å². The minimum absolute atomic E-state index is 0.0160. The van der Waals surface area contributed by atoms with Gasteiger partial charge in [0.15, 0.2) is 0 Å². The molecule has 124 valence electrons. The Bertz CT molecular complexity index is 886. The number of hydrogen-bond acceptors (Lipinski definition) is 4. The van der Waals surface area contributed by atoms with E-state index in [4.69, 9.17) is 0 Å². The number of nitrogens with one attached hydrogen (secondary N) is 2. The number of hydrogen-bond donors (Lipinski definition) is 3. The number of carbonyl (C=O) groups excluding carboxylic acids is 1. The molecule has 0 radical (unpaired) electrons. The van der Waals surface area contributed by atoms with Crippen molar-refractivity contribution in [1.82, 2.24) is 25.3 Å². The minimum atomic E-state index is -1.11. The van der Waals surface area contributed by atoms with Gasteiger partial charge in [-0.05, 0) is 18.6 Å². The number of amides is 1. The quantitative estimate of drug-likeness (QED) is 0.675. The Kier molecular flexibility index (Phi) is 3.38. The van der Waals surface area contributed by atoms with Crippen LogP contribution in [-0.2, 0) is 16.8 Å². The number of aliphatic hydroxyl groups is 1. The fourth-order valence-electron chi connectivity index (χ4n) is 3.47. The normalized spacial score (nSPS) is 20.8. The SMILES string of the molecule is Cc1[nH]c2ccccc2c1CC(=O)N1CCC(O)(c2cn[nH]n2)C1. The van der Waals surface area contributed by atoms with Gasteiger partial charge in [-0.1, -0.05) is 18.2 Å². The van der Waals surface area contributed by atoms with Gasteiger partial charge in [-0.25, -0.2) is 0 Å². The Morgan fingerprint density at radius 3 is 3.04 bits per heavy atom. The van der Waals surface area contributed by atoms with Gasteiger partial charge in [-0.3, -0.25) is 4.79 Å². The first-order valence-corrected chi connectivity index (χ1v) is 7.99. The zero-order valence-corrected chi connectivity index (χ0v) is 13.4. The van der Waals surface area contributed by atoms with Crippen LogP contribution in [0.1, 0.15) is 23.4 Å². The van der Waals surface area contributed by atoms with Gasteiger partial charge < -0.3 is 15.0 Å². The highest BCUT2D eigenvalue weighted by molar-refractivity contribution is 5.90. The van der Waals surface area contributed by atoms with Crippen LogP contribution in [0.4, 0.5) is 0 Å². The number of rotatable bonds is 3. The largest absolute Gasteiger partial charge is 0.381 e. The third kappa shape index (κ3) is 2.37. The molecular weight excluding hydrogens is 306 g/mol. The second-order valence-electron chi connectivity index (χ2n) is 6.40. The van der Waals surface area contributed by atoms with Crippen LogP contribution in [-0.4, -0.2) is 49.4 Å². The summed E-state index contributed by atoms with van der Waals surface area (Å²) in [5.74, 6) is 0.0160. The Morgan fingerprint density at radius 2 is 2.25 bits per heavy atom. The molecule has 2 aromatic heterocycles. The summed E-state index contributed by atoms with van der Waals surface area (Å²) in [5, 5.41) is 22.0. The van der Waals surface area contributed by atoms with Crippen molar-refractivity contribution in [1.29, 1.82) is 0 Å². The molecule has 1 aliphatic rings. The Labute approximate surface area is 138 Å². The van der Waals surface area contributed by atoms with Crippen molar-refractivity contribution < 1.29 is 9.90 Å². The van der Waals surface area contributed by atoms with Gasteiger partial charge in [0.25, 0.3) is 0 Å². The molecule has 4 rings (SSSR count). The summed E-state index contributed by atoms with van der Waals surface area (Å²) in [6, 6.07) is 7.98. The molecule has 24 heavy (non-hydrogen) atoms. The number of aromatic nitrogens is 4. The highest BCUT2D eigenvalue weighted by Gasteiger charge is 2.41. The van der Waals surface area contributed by atoms with Crippen molar-refractivity contribution in [3.05, 3.63) is 47.4 Å². The standard InChI is InChI=1S/C17H19N5O2/c1-11-13(12-4-2-3-5-14(12)19-11)8-16(23)22-7-6-17(24,10-22)15-9-18-21-20-15/h2-5,9,19,24H,6-8,10H2,1H3,(H,18,20,21). The van der Waals surface area contributed by atoms with Crippen LogP contribution < -0.4 is 0 Å². The predicted octanol–water partition coefficient (Wildman–Crippen LogP) is 1.26. The molecule has 3 N–H and O–H groups in total. The highest BCUT2D eigenvalue weighted by Crippen LogP contribution is 2.31. The van der Waals surface area contributed by atoms with E-state index in [-0.39, 0.29) is 12.5 Å². The lowest BCUT2D eigenvalue weighted by molar-refractivity contribution is -0.130. The van der Waals surface area contributed by atoms with Crippen LogP contribution in [0, 0.1) is 6.92 Å². The molecule has 1 atom stereocenters. The van der Waals surface area contributed by atoms with Crippen molar-refractivity contribution in [2.45, 2.75) is 25.4 Å². The molecule has 0 aliphatic carbocycles. The van der Waals surface area contributed by atoms with Gasteiger partial charge >= 0.3 is 0 Å². The molecule has 1 aromatic carbocycles. The number of benzene rings is 1. The average Bonchev–Trinajstić information content (AvgIpc) is 3.28. The monoisotopic (exact) mass is 325 g/mol. The molecule has 1 fully saturated rings. The molecule has 7 heteroatoms. The molecule has 0 saturated carbocycles. The molecule has 0 bridgehead atoms. The molecule has 1 amide bonds. The highest BCUT2D eigenvalue weighted by atomic mass is 16.3. The first-order valence-electron chi connectivity index (χ1n) is 7.99. The molecule has 1 unspecified atom stereocenters. The van der Waals surface area contributed by atoms with Gasteiger partial charge in [0.2, 0.25) is 5.91 Å². The van der Waals surface area contributed by atoms with Crippen LogP contribution in [0.25, 0.3) is 10.9 Å². The first kappa shape index (κ1) is 14.9. The smallest absolute Gasteiger partial charge is 0.227 e. The molecular formula is C17H19N5O2. The van der Waals surface area contributed by atoms with Gasteiger partial charge in [0, 0.05) is 29.6 Å². The Morgan fingerprint density at radius 1 is 1.42 bits per heavy atom. The molecule has 3 aromatic rings. The molecule has 0 spiro atoms. The summed E-state index contributed by atoms with van der Waals surface area (Å²) in [4.78, 5) is 17.7. The Balaban J connectivity index is 1.54. The number of aromatic amines is 2. The topological polar surface area (TPSA) is 97.9 Å². The maximum Gasteiger partial charge on any atom is 0.227 e. The summed E-state index contributed by atoms with van der Waals surface area (Å²) in [6.07, 6.45) is 2.31. The maximum absolute atomic E-state index is 12.7. The number of carbonyl (C=O) groups is 1. The summed E-state index contributed by atoms with van der Waals surface area (Å²) in [6.45, 7) is 2.75. The fraction of sp³-hybridized carbons (Fsp3) is 0.353. The fourth-order valence-corrected chi connectivity index (χ4v) is 3.47. The number of H-pyrrole nitrogens is 2. The molecule has 1 aliphatic heterocycles. The summed E-state index contributed by atoms with van der Waals surface area (Å²) < 4.78 is 0. The third-order valence-corrected chi connectivity index (χ3v) is 4.85. The van der Waals surface area contributed by atoms with Gasteiger partial charge in [-0.15, -0.1) is 0 Å². The van der Waals surface area contributed by atoms with Gasteiger partial charge in [-0.2, -0.15) is 15.4 Å². The molecule has 3 heterocycles. The van der Waals surface area contributed by atoms with Crippen LogP contribution >= 0.6 is 0 Å². The van der Waals surface area contributed by atoms with E-state index in [0.29, 0.717) is 25.1 Å². The lowest BCUT2D eigenvalue weighted by atomic mass is 10.00. The number of fused-ring (bicyclic) bond motifs is 1. The van der Waals surface area contributed by atoms with Crippen LogP contribution in [0.5, 0.6) is 0 Å². The second kappa shape index (κ2) is 5.45. The summed E-state index contributed by atoms with van der Waals surface area (Å²) in [5.41, 5.74) is 2.44. The number of nitrogens with zero attached hydrogens (tertiary/aromatic N) is 3. The third-order valence-electron chi connectivity index (χ3n) is 4.85. The zero-order valence-electron chi connectivity index (χ0n) is 13.4. The van der Waals surface area contributed by atoms with Crippen LogP contribution in [0.3, 0.4) is 0 Å². The van der Waals surface area contributed by atoms with Gasteiger partial charge in [0.05, 0.1) is 19.2 Å². The van der Waals surface area contributed by atoms with E-state index in [2.05, 4.69) is 20.4 Å². The summed E-state index contributed by atoms with van der Waals surface area (Å²) in [7, 11) is 0. The van der Waals surface area contributed by atoms with Crippen molar-refractivity contribution in [2.24, 2.45) is 0 Å². The first-order chi connectivity index (χ1) is 11.6. The van der Waals surface area contributed by atoms with E-state index in [1.165, 1.54) is 6.20 Å². The van der Waals surface area contributed by atoms with E-state index in [1.807, 2.05) is 31.2 Å². The lowest BCUT2D eigenvalue weighted by Crippen LogP contribution is -2.35. The van der Waals surface area contributed by atoms with Crippen molar-refractivity contribution in [3.8, 4) is 0 Å². The number of likely N-dealkylation sites (tertiary alicyclic amines) is 1. The number of para-hydroxylation sites is 1. The molecule has 1 saturated heterocycles. The summed E-state index contributed by atoms with van der Waals surface area (Å²) >= 11 is 0. The molecule has 7 nitrogen and oxygen atoms in total. The lowest BCUT2D eigenvalue weighted by Gasteiger charge is -2.21. The zero-order chi connectivity index (χ0) is 16.7. The van der Waals surface area contributed by atoms with Gasteiger partial charge in [0.1, 0.15) is 11.3 Å². The maximum atomic E-state index is 12.7. The van der Waals surface area contributed by atoms with E-state index < -0.39 is 5.60 Å². The van der Waals surface area contributed by atoms with Crippen LogP contribution in [0.15, 0.2) is 30.5 Å². The number of aryl methyl sites for hydroxylation is 1. The average molecular weight is 325 g/mol. The predicted molar refractivity (Wildman–Crippen MR) is 88.2 cm³/mol.